The van der Waals surface area contributed by atoms with Crippen molar-refractivity contribution in [2.45, 2.75) is 0 Å². The van der Waals surface area contributed by atoms with Gasteiger partial charge in [-0.15, -0.1) is 0 Å². The summed E-state index contributed by atoms with van der Waals surface area (Å²) in [6.45, 7) is 2.76. The molecule has 1 fully saturated rings. The van der Waals surface area contributed by atoms with Gasteiger partial charge in [-0.2, -0.15) is 0 Å². The van der Waals surface area contributed by atoms with Crippen molar-refractivity contribution in [3.05, 3.63) is 78.6 Å². The minimum absolute atomic E-state index is 0.0750. The molecule has 0 spiro atoms. The summed E-state index contributed by atoms with van der Waals surface area (Å²) in [6, 6.07) is 20.8. The Bertz CT molecular complexity index is 894. The maximum Gasteiger partial charge on any atom is 0.253 e. The molecule has 4 rings (SSSR count). The van der Waals surface area contributed by atoms with Crippen LogP contribution >= 0.6 is 0 Å². The normalized spacial score (nSPS) is 14.1. The van der Waals surface area contributed by atoms with E-state index in [-0.39, 0.29) is 5.91 Å². The summed E-state index contributed by atoms with van der Waals surface area (Å²) in [5.41, 5.74) is 0.728. The molecule has 0 aliphatic carbocycles. The van der Waals surface area contributed by atoms with Gasteiger partial charge >= 0.3 is 0 Å². The van der Waals surface area contributed by atoms with Crippen molar-refractivity contribution < 1.29 is 9.53 Å². The third-order valence-corrected chi connectivity index (χ3v) is 4.50. The van der Waals surface area contributed by atoms with E-state index in [0.29, 0.717) is 19.0 Å². The predicted octanol–water partition coefficient (Wildman–Crippen LogP) is 3.23. The molecule has 2 aromatic carbocycles. The van der Waals surface area contributed by atoms with E-state index < -0.39 is 0 Å². The number of benzene rings is 2. The molecule has 0 atom stereocenters. The highest BCUT2D eigenvalue weighted by Gasteiger charge is 2.23. The van der Waals surface area contributed by atoms with Crippen molar-refractivity contribution >= 4 is 11.7 Å². The van der Waals surface area contributed by atoms with E-state index in [2.05, 4.69) is 14.9 Å². The molecule has 0 radical (unpaired) electrons. The highest BCUT2D eigenvalue weighted by molar-refractivity contribution is 5.94. The van der Waals surface area contributed by atoms with Crippen LogP contribution in [0.5, 0.6) is 11.6 Å². The molecule has 1 aromatic heterocycles. The van der Waals surface area contributed by atoms with Crippen molar-refractivity contribution in [2.75, 3.05) is 31.1 Å². The number of carbonyl (C=O) groups is 1. The summed E-state index contributed by atoms with van der Waals surface area (Å²) >= 11 is 0. The molecule has 0 N–H and O–H groups in total. The molecule has 0 bridgehead atoms. The number of hydrogen-bond acceptors (Lipinski definition) is 5. The van der Waals surface area contributed by atoms with Gasteiger partial charge in [-0.05, 0) is 24.3 Å². The molecule has 1 amide bonds. The van der Waals surface area contributed by atoms with Gasteiger partial charge in [0.15, 0.2) is 0 Å². The topological polar surface area (TPSA) is 58.6 Å². The average Bonchev–Trinajstić information content (AvgIpc) is 2.75. The van der Waals surface area contributed by atoms with Crippen LogP contribution < -0.4 is 9.64 Å². The fourth-order valence-electron chi connectivity index (χ4n) is 3.07. The number of rotatable bonds is 4. The van der Waals surface area contributed by atoms with Crippen LogP contribution in [0.3, 0.4) is 0 Å². The maximum atomic E-state index is 12.6. The van der Waals surface area contributed by atoms with Crippen molar-refractivity contribution in [1.29, 1.82) is 0 Å². The van der Waals surface area contributed by atoms with Gasteiger partial charge in [0.25, 0.3) is 5.91 Å². The number of para-hydroxylation sites is 1. The van der Waals surface area contributed by atoms with E-state index >= 15 is 0 Å². The number of carbonyl (C=O) groups excluding carboxylic acids is 1. The zero-order valence-electron chi connectivity index (χ0n) is 14.9. The number of aromatic nitrogens is 2. The van der Waals surface area contributed by atoms with Crippen LogP contribution in [0.25, 0.3) is 0 Å². The number of anilines is 1. The molecular formula is C21H20N4O2. The molecule has 6 heteroatoms. The second-order valence-corrected chi connectivity index (χ2v) is 6.27. The zero-order valence-corrected chi connectivity index (χ0v) is 14.9. The second kappa shape index (κ2) is 7.86. The van der Waals surface area contributed by atoms with Crippen molar-refractivity contribution in [3.63, 3.8) is 0 Å². The molecule has 1 aliphatic rings. The van der Waals surface area contributed by atoms with Crippen LogP contribution in [0.15, 0.2) is 73.1 Å². The van der Waals surface area contributed by atoms with Crippen LogP contribution in [-0.4, -0.2) is 47.0 Å². The first-order valence-corrected chi connectivity index (χ1v) is 8.94. The Morgan fingerprint density at radius 2 is 1.52 bits per heavy atom. The number of amides is 1. The molecule has 1 aliphatic heterocycles. The standard InChI is InChI=1S/C21H20N4O2/c26-21(17-7-3-1-4-8-17)25-13-11-24(12-14-25)19-15-20(23-16-22-19)27-18-9-5-2-6-10-18/h1-10,15-16H,11-14H2. The number of nitrogens with zero attached hydrogens (tertiary/aromatic N) is 4. The van der Waals surface area contributed by atoms with Crippen molar-refractivity contribution in [3.8, 4) is 11.6 Å². The fraction of sp³-hybridized carbons (Fsp3) is 0.190. The summed E-state index contributed by atoms with van der Waals surface area (Å²) in [7, 11) is 0. The first-order valence-electron chi connectivity index (χ1n) is 8.94. The summed E-state index contributed by atoms with van der Waals surface area (Å²) < 4.78 is 5.78. The quantitative estimate of drug-likeness (QED) is 0.715. The van der Waals surface area contributed by atoms with E-state index in [4.69, 9.17) is 4.74 Å². The minimum Gasteiger partial charge on any atom is -0.439 e. The third-order valence-electron chi connectivity index (χ3n) is 4.50. The SMILES string of the molecule is O=C(c1ccccc1)N1CCN(c2cc(Oc3ccccc3)ncn2)CC1. The Kier molecular flexibility index (Phi) is 4.96. The molecule has 2 heterocycles. The lowest BCUT2D eigenvalue weighted by Crippen LogP contribution is -2.49. The summed E-state index contributed by atoms with van der Waals surface area (Å²) in [6.07, 6.45) is 1.51. The van der Waals surface area contributed by atoms with Crippen molar-refractivity contribution in [2.24, 2.45) is 0 Å². The van der Waals surface area contributed by atoms with Crippen molar-refractivity contribution in [1.82, 2.24) is 14.9 Å². The Hall–Kier alpha value is -3.41. The smallest absolute Gasteiger partial charge is 0.253 e. The van der Waals surface area contributed by atoms with Gasteiger partial charge in [0.2, 0.25) is 5.88 Å². The highest BCUT2D eigenvalue weighted by atomic mass is 16.5. The van der Waals surface area contributed by atoms with Crippen LogP contribution in [0, 0.1) is 0 Å². The fourth-order valence-corrected chi connectivity index (χ4v) is 3.07. The number of hydrogen-bond donors (Lipinski definition) is 0. The van der Waals surface area contributed by atoms with Gasteiger partial charge in [0, 0.05) is 37.8 Å². The zero-order chi connectivity index (χ0) is 18.5. The first-order chi connectivity index (χ1) is 13.3. The molecule has 27 heavy (non-hydrogen) atoms. The van der Waals surface area contributed by atoms with E-state index in [9.17, 15) is 4.79 Å². The molecule has 0 unspecified atom stereocenters. The van der Waals surface area contributed by atoms with Crippen LogP contribution in [0.4, 0.5) is 5.82 Å². The van der Waals surface area contributed by atoms with E-state index in [1.807, 2.05) is 71.6 Å². The number of ether oxygens (including phenoxy) is 1. The Morgan fingerprint density at radius 3 is 2.22 bits per heavy atom. The van der Waals surface area contributed by atoms with E-state index in [1.54, 1.807) is 0 Å². The molecule has 3 aromatic rings. The van der Waals surface area contributed by atoms with Crippen LogP contribution in [0.1, 0.15) is 10.4 Å². The minimum atomic E-state index is 0.0750. The van der Waals surface area contributed by atoms with E-state index in [1.165, 1.54) is 6.33 Å². The monoisotopic (exact) mass is 360 g/mol. The van der Waals surface area contributed by atoms with Crippen LogP contribution in [-0.2, 0) is 0 Å². The van der Waals surface area contributed by atoms with Crippen LogP contribution in [0.2, 0.25) is 0 Å². The lowest BCUT2D eigenvalue weighted by Gasteiger charge is -2.35. The molecular weight excluding hydrogens is 340 g/mol. The number of piperazine rings is 1. The largest absolute Gasteiger partial charge is 0.439 e. The first kappa shape index (κ1) is 17.0. The molecule has 136 valence electrons. The summed E-state index contributed by atoms with van der Waals surface area (Å²) in [4.78, 5) is 25.1. The lowest BCUT2D eigenvalue weighted by molar-refractivity contribution is 0.0746. The van der Waals surface area contributed by atoms with Gasteiger partial charge in [-0.25, -0.2) is 9.97 Å². The second-order valence-electron chi connectivity index (χ2n) is 6.27. The summed E-state index contributed by atoms with van der Waals surface area (Å²) in [5.74, 6) is 2.13. The lowest BCUT2D eigenvalue weighted by atomic mass is 10.2. The maximum absolute atomic E-state index is 12.6. The summed E-state index contributed by atoms with van der Waals surface area (Å²) in [5, 5.41) is 0. The van der Waals surface area contributed by atoms with Gasteiger partial charge in [-0.1, -0.05) is 36.4 Å². The Morgan fingerprint density at radius 1 is 0.852 bits per heavy atom. The molecule has 1 saturated heterocycles. The molecule has 6 nitrogen and oxygen atoms in total. The molecule has 0 saturated carbocycles. The van der Waals surface area contributed by atoms with Gasteiger partial charge in [-0.3, -0.25) is 4.79 Å². The third kappa shape index (κ3) is 4.06. The highest BCUT2D eigenvalue weighted by Crippen LogP contribution is 2.22. The average molecular weight is 360 g/mol. The van der Waals surface area contributed by atoms with Gasteiger partial charge < -0.3 is 14.5 Å². The van der Waals surface area contributed by atoms with E-state index in [0.717, 1.165) is 30.2 Å². The van der Waals surface area contributed by atoms with Gasteiger partial charge in [0.05, 0.1) is 0 Å². The Labute approximate surface area is 158 Å². The Balaban J connectivity index is 1.40. The van der Waals surface area contributed by atoms with Gasteiger partial charge in [0.1, 0.15) is 17.9 Å². The predicted molar refractivity (Wildman–Crippen MR) is 103 cm³/mol.